The Morgan fingerprint density at radius 1 is 0.518 bits per heavy atom. The summed E-state index contributed by atoms with van der Waals surface area (Å²) in [6, 6.07) is 28.3. The van der Waals surface area contributed by atoms with Crippen LogP contribution in [-0.2, 0) is 41.6 Å². The molecule has 2 saturated heterocycles. The fourth-order valence-corrected chi connectivity index (χ4v) is 8.11. The Hall–Kier alpha value is -3.76. The fourth-order valence-electron chi connectivity index (χ4n) is 8.11. The van der Waals surface area contributed by atoms with Crippen molar-refractivity contribution in [1.82, 2.24) is 4.57 Å². The van der Waals surface area contributed by atoms with E-state index in [1.807, 2.05) is 0 Å². The van der Waals surface area contributed by atoms with Gasteiger partial charge >= 0.3 is 0 Å². The Morgan fingerprint density at radius 3 is 1.62 bits per heavy atom. The van der Waals surface area contributed by atoms with Crippen LogP contribution in [-0.4, -0.2) is 70.6 Å². The molecule has 8 nitrogen and oxygen atoms in total. The summed E-state index contributed by atoms with van der Waals surface area (Å²) in [7, 11) is 0. The van der Waals surface area contributed by atoms with Crippen molar-refractivity contribution in [3.63, 3.8) is 0 Å². The highest BCUT2D eigenvalue weighted by atomic mass is 16.5. The first-order chi connectivity index (χ1) is 27.6. The molecule has 4 heterocycles. The maximum Gasteiger partial charge on any atom is 0.137 e. The molecule has 0 saturated carbocycles. The smallest absolute Gasteiger partial charge is 0.137 e. The van der Waals surface area contributed by atoms with Crippen molar-refractivity contribution in [1.29, 1.82) is 0 Å². The van der Waals surface area contributed by atoms with Crippen LogP contribution in [0.4, 0.5) is 0 Å². The molecule has 2 fully saturated rings. The Labute approximate surface area is 331 Å². The Bertz CT molecular complexity index is 2170. The van der Waals surface area contributed by atoms with E-state index in [0.29, 0.717) is 13.2 Å². The first kappa shape index (κ1) is 39.1. The van der Waals surface area contributed by atoms with E-state index >= 15 is 0 Å². The Morgan fingerprint density at radius 2 is 1.05 bits per heavy atom. The molecule has 0 aliphatic carbocycles. The van der Waals surface area contributed by atoms with Gasteiger partial charge in [0, 0.05) is 70.6 Å². The Balaban J connectivity index is 0.900. The zero-order valence-electron chi connectivity index (χ0n) is 33.5. The number of rotatable bonds is 23. The third-order valence-electron chi connectivity index (χ3n) is 12.1. The molecule has 0 bridgehead atoms. The molecule has 6 aromatic rings. The predicted octanol–water partition coefficient (Wildman–Crippen LogP) is 10.9. The lowest BCUT2D eigenvalue weighted by Crippen LogP contribution is -2.45. The van der Waals surface area contributed by atoms with Crippen molar-refractivity contribution < 1.29 is 32.8 Å². The van der Waals surface area contributed by atoms with E-state index in [-0.39, 0.29) is 10.8 Å². The molecule has 298 valence electrons. The van der Waals surface area contributed by atoms with Gasteiger partial charge in [0.15, 0.2) is 0 Å². The number of unbranched alkanes of at least 4 members (excludes halogenated alkanes) is 4. The Kier molecular flexibility index (Phi) is 12.7. The second-order valence-electron chi connectivity index (χ2n) is 16.3. The quantitative estimate of drug-likeness (QED) is 0.0602. The number of hydrogen-bond acceptors (Lipinski definition) is 7. The van der Waals surface area contributed by atoms with Gasteiger partial charge in [-0.25, -0.2) is 0 Å². The molecule has 8 rings (SSSR count). The van der Waals surface area contributed by atoms with Gasteiger partial charge in [0.1, 0.15) is 11.2 Å². The lowest BCUT2D eigenvalue weighted by Gasteiger charge is -2.40. The second-order valence-corrected chi connectivity index (χ2v) is 16.3. The highest BCUT2D eigenvalue weighted by molar-refractivity contribution is 6.17. The average molecular weight is 762 g/mol. The highest BCUT2D eigenvalue weighted by Gasteiger charge is 2.37. The van der Waals surface area contributed by atoms with E-state index < -0.39 is 0 Å². The van der Waals surface area contributed by atoms with Crippen molar-refractivity contribution in [3.05, 3.63) is 90.0 Å². The van der Waals surface area contributed by atoms with Crippen LogP contribution in [0.1, 0.15) is 76.3 Å². The number of ether oxygens (including phenoxy) is 6. The van der Waals surface area contributed by atoms with E-state index in [0.717, 1.165) is 156 Å². The highest BCUT2D eigenvalue weighted by Crippen LogP contribution is 2.39. The third kappa shape index (κ3) is 8.71. The summed E-state index contributed by atoms with van der Waals surface area (Å²) in [5.74, 6) is 0. The minimum atomic E-state index is 0.259. The van der Waals surface area contributed by atoms with Gasteiger partial charge in [-0.2, -0.15) is 0 Å². The lowest BCUT2D eigenvalue weighted by atomic mass is 9.84. The molecular formula is C48H59NO7. The van der Waals surface area contributed by atoms with Gasteiger partial charge in [0.2, 0.25) is 0 Å². The molecule has 0 N–H and O–H groups in total. The molecule has 0 spiro atoms. The minimum absolute atomic E-state index is 0.259. The van der Waals surface area contributed by atoms with Gasteiger partial charge in [-0.05, 0) is 105 Å². The number of aromatic nitrogens is 1. The number of para-hydroxylation sites is 1. The van der Waals surface area contributed by atoms with Crippen LogP contribution in [0.5, 0.6) is 0 Å². The van der Waals surface area contributed by atoms with Crippen molar-refractivity contribution in [2.75, 3.05) is 66.1 Å². The summed E-state index contributed by atoms with van der Waals surface area (Å²) >= 11 is 0. The van der Waals surface area contributed by atoms with Gasteiger partial charge in [-0.15, -0.1) is 0 Å². The first-order valence-electron chi connectivity index (χ1n) is 21.0. The molecule has 0 unspecified atom stereocenters. The SMILES string of the molecule is CCC1(COCCCCCOCc2ccc3oc4cc5c(cc4c3c2)c2cc(COCCCCCOCC3(CC)COC3)ccc2n5-c2ccccc2)COC1. The predicted molar refractivity (Wildman–Crippen MR) is 224 cm³/mol. The van der Waals surface area contributed by atoms with Crippen LogP contribution in [0, 0.1) is 10.8 Å². The number of nitrogens with zero attached hydrogens (tertiary/aromatic N) is 1. The summed E-state index contributed by atoms with van der Waals surface area (Å²) in [4.78, 5) is 0. The van der Waals surface area contributed by atoms with E-state index in [9.17, 15) is 0 Å². The van der Waals surface area contributed by atoms with E-state index in [4.69, 9.17) is 32.8 Å². The lowest BCUT2D eigenvalue weighted by molar-refractivity contribution is -0.150. The van der Waals surface area contributed by atoms with E-state index in [2.05, 4.69) is 97.3 Å². The molecule has 2 aliphatic heterocycles. The molecule has 56 heavy (non-hydrogen) atoms. The molecule has 0 amide bonds. The number of hydrogen-bond donors (Lipinski definition) is 0. The standard InChI is InChI=1S/C48H59NO7/c1-3-47(32-54-33-47)30-52-22-12-6-10-20-50-28-36-16-18-43-39(24-36)40-26-42-41-25-37(29-51-21-11-7-13-23-53-31-48(4-2)34-55-35-48)17-19-45(41)56-46(42)27-44(40)49(43)38-14-8-5-9-15-38/h5,8-9,14-19,24-27H,3-4,6-7,10-13,20-23,28-35H2,1-2H3. The van der Waals surface area contributed by atoms with Crippen molar-refractivity contribution in [2.24, 2.45) is 10.8 Å². The van der Waals surface area contributed by atoms with Crippen LogP contribution in [0.2, 0.25) is 0 Å². The summed E-state index contributed by atoms with van der Waals surface area (Å²) in [5, 5.41) is 4.66. The number of fused-ring (bicyclic) bond motifs is 6. The molecule has 2 aromatic heterocycles. The third-order valence-corrected chi connectivity index (χ3v) is 12.1. The van der Waals surface area contributed by atoms with Crippen LogP contribution in [0.3, 0.4) is 0 Å². The summed E-state index contributed by atoms with van der Waals surface area (Å²) < 4.78 is 43.9. The number of benzene rings is 4. The van der Waals surface area contributed by atoms with Gasteiger partial charge in [0.25, 0.3) is 0 Å². The van der Waals surface area contributed by atoms with Gasteiger partial charge in [0.05, 0.1) is 63.9 Å². The zero-order chi connectivity index (χ0) is 38.2. The molecular weight excluding hydrogens is 703 g/mol. The van der Waals surface area contributed by atoms with Gasteiger partial charge in [-0.1, -0.05) is 44.2 Å². The maximum atomic E-state index is 6.48. The minimum Gasteiger partial charge on any atom is -0.456 e. The maximum absolute atomic E-state index is 6.48. The zero-order valence-corrected chi connectivity index (χ0v) is 33.5. The summed E-state index contributed by atoms with van der Waals surface area (Å²) in [5.41, 5.74) is 8.06. The van der Waals surface area contributed by atoms with Crippen LogP contribution < -0.4 is 0 Å². The van der Waals surface area contributed by atoms with Crippen LogP contribution >= 0.6 is 0 Å². The summed E-state index contributed by atoms with van der Waals surface area (Å²) in [6.07, 6.45) is 8.64. The summed E-state index contributed by atoms with van der Waals surface area (Å²) in [6.45, 7) is 13.7. The molecule has 2 aliphatic rings. The molecule has 4 aromatic carbocycles. The normalized spacial score (nSPS) is 16.2. The van der Waals surface area contributed by atoms with E-state index in [1.54, 1.807) is 0 Å². The molecule has 0 radical (unpaired) electrons. The van der Waals surface area contributed by atoms with Crippen LogP contribution in [0.25, 0.3) is 49.4 Å². The largest absolute Gasteiger partial charge is 0.456 e. The monoisotopic (exact) mass is 761 g/mol. The topological polar surface area (TPSA) is 73.5 Å². The van der Waals surface area contributed by atoms with Crippen molar-refractivity contribution in [2.45, 2.75) is 78.4 Å². The van der Waals surface area contributed by atoms with Crippen LogP contribution in [0.15, 0.2) is 83.3 Å². The number of furan rings is 1. The second kappa shape index (κ2) is 18.2. The molecule has 0 atom stereocenters. The first-order valence-corrected chi connectivity index (χ1v) is 21.0. The van der Waals surface area contributed by atoms with Gasteiger partial charge < -0.3 is 37.4 Å². The fraction of sp³-hybridized carbons (Fsp3) is 0.500. The van der Waals surface area contributed by atoms with E-state index in [1.165, 1.54) is 21.9 Å². The average Bonchev–Trinajstić information content (AvgIpc) is 3.71. The van der Waals surface area contributed by atoms with Crippen molar-refractivity contribution in [3.8, 4) is 5.69 Å². The molecule has 8 heteroatoms. The van der Waals surface area contributed by atoms with Gasteiger partial charge in [-0.3, -0.25) is 0 Å². The van der Waals surface area contributed by atoms with Crippen molar-refractivity contribution >= 4 is 43.7 Å².